The van der Waals surface area contributed by atoms with Gasteiger partial charge in [-0.2, -0.15) is 0 Å². The van der Waals surface area contributed by atoms with Gasteiger partial charge in [0.05, 0.1) is 0 Å². The number of amides is 1. The molecular formula is C19H25FN4OS. The minimum atomic E-state index is -0.261. The maximum Gasteiger partial charge on any atom is 0.243 e. The number of rotatable bonds is 7. The molecule has 5 nitrogen and oxygen atoms in total. The molecule has 7 heteroatoms. The van der Waals surface area contributed by atoms with Crippen LogP contribution in [0.2, 0.25) is 0 Å². The molecular weight excluding hydrogens is 351 g/mol. The first kappa shape index (κ1) is 19.9. The van der Waals surface area contributed by atoms with Crippen molar-refractivity contribution in [1.82, 2.24) is 15.1 Å². The van der Waals surface area contributed by atoms with Crippen molar-refractivity contribution in [1.29, 1.82) is 0 Å². The lowest BCUT2D eigenvalue weighted by atomic mass is 10.2. The quantitative estimate of drug-likeness (QED) is 0.597. The lowest BCUT2D eigenvalue weighted by Crippen LogP contribution is -2.40. The number of nitrogens with one attached hydrogen (secondary N) is 1. The topological polar surface area (TPSA) is 47.9 Å². The van der Waals surface area contributed by atoms with Crippen LogP contribution in [-0.2, 0) is 17.8 Å². The van der Waals surface area contributed by atoms with Gasteiger partial charge in [0, 0.05) is 39.1 Å². The minimum Gasteiger partial charge on any atom is -0.356 e. The summed E-state index contributed by atoms with van der Waals surface area (Å²) in [6.45, 7) is 1.28. The maximum absolute atomic E-state index is 13.4. The van der Waals surface area contributed by atoms with Crippen molar-refractivity contribution in [3.05, 3.63) is 58.0 Å². The molecule has 0 fully saturated rings. The van der Waals surface area contributed by atoms with Crippen LogP contribution in [-0.4, -0.2) is 55.9 Å². The second kappa shape index (κ2) is 9.91. The van der Waals surface area contributed by atoms with E-state index in [2.05, 4.69) is 21.8 Å². The van der Waals surface area contributed by atoms with Gasteiger partial charge < -0.3 is 15.1 Å². The predicted molar refractivity (Wildman–Crippen MR) is 105 cm³/mol. The molecule has 26 heavy (non-hydrogen) atoms. The highest BCUT2D eigenvalue weighted by molar-refractivity contribution is 7.09. The smallest absolute Gasteiger partial charge is 0.243 e. The number of guanidine groups is 1. The summed E-state index contributed by atoms with van der Waals surface area (Å²) >= 11 is 1.71. The molecule has 2 rings (SSSR count). The average Bonchev–Trinajstić information content (AvgIpc) is 3.10. The van der Waals surface area contributed by atoms with Crippen LogP contribution < -0.4 is 5.32 Å². The Morgan fingerprint density at radius 1 is 1.23 bits per heavy atom. The van der Waals surface area contributed by atoms with Crippen LogP contribution in [0, 0.1) is 5.82 Å². The van der Waals surface area contributed by atoms with Crippen molar-refractivity contribution in [2.24, 2.45) is 4.99 Å². The van der Waals surface area contributed by atoms with Gasteiger partial charge in [-0.1, -0.05) is 18.2 Å². The first-order valence-electron chi connectivity index (χ1n) is 8.42. The Kier molecular flexibility index (Phi) is 7.59. The van der Waals surface area contributed by atoms with Gasteiger partial charge in [0.1, 0.15) is 12.4 Å². The SMILES string of the molecule is CN(C)C(=O)CN=C(NCCc1cccs1)N(C)Cc1cccc(F)c1. The summed E-state index contributed by atoms with van der Waals surface area (Å²) in [5.74, 6) is 0.297. The number of hydrogen-bond acceptors (Lipinski definition) is 3. The van der Waals surface area contributed by atoms with Gasteiger partial charge in [-0.25, -0.2) is 9.38 Å². The van der Waals surface area contributed by atoms with E-state index in [0.717, 1.165) is 12.0 Å². The number of carbonyl (C=O) groups is 1. The second-order valence-corrected chi connectivity index (χ2v) is 7.20. The highest BCUT2D eigenvalue weighted by Crippen LogP contribution is 2.09. The Morgan fingerprint density at radius 2 is 2.04 bits per heavy atom. The fraction of sp³-hybridized carbons (Fsp3) is 0.368. The molecule has 0 aliphatic heterocycles. The zero-order chi connectivity index (χ0) is 18.9. The first-order valence-corrected chi connectivity index (χ1v) is 9.30. The molecule has 0 atom stereocenters. The van der Waals surface area contributed by atoms with Gasteiger partial charge in [-0.05, 0) is 35.6 Å². The summed E-state index contributed by atoms with van der Waals surface area (Å²) in [7, 11) is 5.29. The van der Waals surface area contributed by atoms with Crippen LogP contribution >= 0.6 is 11.3 Å². The summed E-state index contributed by atoms with van der Waals surface area (Å²) in [4.78, 5) is 21.0. The molecule has 1 amide bonds. The fourth-order valence-corrected chi connectivity index (χ4v) is 3.04. The van der Waals surface area contributed by atoms with Crippen molar-refractivity contribution in [3.63, 3.8) is 0 Å². The highest BCUT2D eigenvalue weighted by Gasteiger charge is 2.10. The Morgan fingerprint density at radius 3 is 2.69 bits per heavy atom. The van der Waals surface area contributed by atoms with Crippen LogP contribution in [0.1, 0.15) is 10.4 Å². The van der Waals surface area contributed by atoms with Crippen molar-refractivity contribution in [2.75, 3.05) is 34.2 Å². The molecule has 140 valence electrons. The van der Waals surface area contributed by atoms with Crippen molar-refractivity contribution < 1.29 is 9.18 Å². The van der Waals surface area contributed by atoms with E-state index in [4.69, 9.17) is 0 Å². The number of carbonyl (C=O) groups excluding carboxylic acids is 1. The monoisotopic (exact) mass is 376 g/mol. The largest absolute Gasteiger partial charge is 0.356 e. The Hall–Kier alpha value is -2.41. The Balaban J connectivity index is 2.02. The van der Waals surface area contributed by atoms with Crippen LogP contribution in [0.4, 0.5) is 4.39 Å². The molecule has 1 N–H and O–H groups in total. The number of halogens is 1. The van der Waals surface area contributed by atoms with Crippen LogP contribution in [0.3, 0.4) is 0 Å². The van der Waals surface area contributed by atoms with Crippen molar-refractivity contribution in [2.45, 2.75) is 13.0 Å². The summed E-state index contributed by atoms with van der Waals surface area (Å²) in [6, 6.07) is 10.6. The van der Waals surface area contributed by atoms with Gasteiger partial charge in [-0.15, -0.1) is 11.3 Å². The third-order valence-electron chi connectivity index (χ3n) is 3.77. The first-order chi connectivity index (χ1) is 12.5. The van der Waals surface area contributed by atoms with E-state index in [-0.39, 0.29) is 18.3 Å². The molecule has 0 radical (unpaired) electrons. The van der Waals surface area contributed by atoms with Crippen LogP contribution in [0.5, 0.6) is 0 Å². The van der Waals surface area contributed by atoms with Crippen molar-refractivity contribution >= 4 is 23.2 Å². The molecule has 0 aliphatic carbocycles. The molecule has 0 aliphatic rings. The van der Waals surface area contributed by atoms with Crippen LogP contribution in [0.25, 0.3) is 0 Å². The molecule has 0 unspecified atom stereocenters. The zero-order valence-corrected chi connectivity index (χ0v) is 16.2. The zero-order valence-electron chi connectivity index (χ0n) is 15.4. The maximum atomic E-state index is 13.4. The molecule has 1 aromatic heterocycles. The number of likely N-dealkylation sites (N-methyl/N-ethyl adjacent to an activating group) is 1. The van der Waals surface area contributed by atoms with E-state index in [0.29, 0.717) is 19.0 Å². The van der Waals surface area contributed by atoms with E-state index in [1.54, 1.807) is 31.5 Å². The summed E-state index contributed by atoms with van der Waals surface area (Å²) < 4.78 is 13.4. The van der Waals surface area contributed by atoms with E-state index < -0.39 is 0 Å². The standard InChI is InChI=1S/C19H25FN4OS/c1-23(2)18(25)13-22-19(21-10-9-17-8-5-11-26-17)24(3)14-15-6-4-7-16(20)12-15/h4-8,11-12H,9-10,13-14H2,1-3H3,(H,21,22). The highest BCUT2D eigenvalue weighted by atomic mass is 32.1. The van der Waals surface area contributed by atoms with Gasteiger partial charge in [0.15, 0.2) is 5.96 Å². The molecule has 1 aromatic carbocycles. The van der Waals surface area contributed by atoms with E-state index in [9.17, 15) is 9.18 Å². The number of hydrogen-bond donors (Lipinski definition) is 1. The average molecular weight is 377 g/mol. The number of nitrogens with zero attached hydrogens (tertiary/aromatic N) is 3. The number of benzene rings is 1. The lowest BCUT2D eigenvalue weighted by Gasteiger charge is -2.23. The van der Waals surface area contributed by atoms with E-state index in [1.165, 1.54) is 21.9 Å². The molecule has 0 saturated carbocycles. The summed E-state index contributed by atoms with van der Waals surface area (Å²) in [5.41, 5.74) is 0.846. The van der Waals surface area contributed by atoms with Crippen molar-refractivity contribution in [3.8, 4) is 0 Å². The van der Waals surface area contributed by atoms with Gasteiger partial charge >= 0.3 is 0 Å². The lowest BCUT2D eigenvalue weighted by molar-refractivity contribution is -0.127. The number of thiophene rings is 1. The Bertz CT molecular complexity index is 731. The second-order valence-electron chi connectivity index (χ2n) is 6.17. The number of aliphatic imine (C=N–C) groups is 1. The summed E-state index contributed by atoms with van der Waals surface area (Å²) in [5, 5.41) is 5.36. The van der Waals surface area contributed by atoms with E-state index in [1.807, 2.05) is 24.1 Å². The van der Waals surface area contributed by atoms with Crippen LogP contribution in [0.15, 0.2) is 46.8 Å². The Labute approximate surface area is 158 Å². The van der Waals surface area contributed by atoms with E-state index >= 15 is 0 Å². The summed E-state index contributed by atoms with van der Waals surface area (Å²) in [6.07, 6.45) is 0.881. The van der Waals surface area contributed by atoms with Gasteiger partial charge in [0.25, 0.3) is 0 Å². The molecule has 1 heterocycles. The molecule has 2 aromatic rings. The fourth-order valence-electron chi connectivity index (χ4n) is 2.33. The third kappa shape index (κ3) is 6.48. The molecule has 0 saturated heterocycles. The predicted octanol–water partition coefficient (Wildman–Crippen LogP) is 2.60. The molecule has 0 bridgehead atoms. The van der Waals surface area contributed by atoms with Gasteiger partial charge in [0.2, 0.25) is 5.91 Å². The third-order valence-corrected chi connectivity index (χ3v) is 4.70. The molecule has 0 spiro atoms. The van der Waals surface area contributed by atoms with Gasteiger partial charge in [-0.3, -0.25) is 4.79 Å². The normalized spacial score (nSPS) is 11.3. The minimum absolute atomic E-state index is 0.0679.